The van der Waals surface area contributed by atoms with Crippen molar-refractivity contribution >= 4 is 45.0 Å². The Bertz CT molecular complexity index is 1200. The van der Waals surface area contributed by atoms with E-state index in [0.29, 0.717) is 21.2 Å². The van der Waals surface area contributed by atoms with E-state index in [2.05, 4.69) is 9.71 Å². The minimum atomic E-state index is -3.94. The molecule has 0 saturated heterocycles. The average molecular weight is 480 g/mol. The molecule has 3 N–H and O–H groups in total. The first-order valence-corrected chi connectivity index (χ1v) is 11.5. The highest BCUT2D eigenvalue weighted by Gasteiger charge is 2.19. The number of halogens is 2. The zero-order chi connectivity index (χ0) is 22.6. The van der Waals surface area contributed by atoms with Crippen LogP contribution in [0.15, 0.2) is 60.8 Å². The second-order valence-electron chi connectivity index (χ2n) is 6.71. The van der Waals surface area contributed by atoms with Crippen LogP contribution in [0.1, 0.15) is 34.5 Å². The van der Waals surface area contributed by atoms with Gasteiger partial charge < -0.3 is 10.5 Å². The molecule has 2 aromatic carbocycles. The Kier molecular flexibility index (Phi) is 7.04. The van der Waals surface area contributed by atoms with E-state index in [0.717, 1.165) is 0 Å². The van der Waals surface area contributed by atoms with Crippen molar-refractivity contribution in [2.45, 2.75) is 18.8 Å². The molecule has 0 aliphatic rings. The van der Waals surface area contributed by atoms with Crippen molar-refractivity contribution in [1.82, 2.24) is 9.71 Å². The molecular weight excluding hydrogens is 461 g/mol. The van der Waals surface area contributed by atoms with Gasteiger partial charge in [0.05, 0.1) is 10.8 Å². The Hall–Kier alpha value is -2.81. The van der Waals surface area contributed by atoms with Crippen molar-refractivity contribution in [3.8, 4) is 5.75 Å². The Labute approximate surface area is 190 Å². The Morgan fingerprint density at radius 1 is 1.16 bits per heavy atom. The molecule has 0 radical (unpaired) electrons. The summed E-state index contributed by atoms with van der Waals surface area (Å²) in [7, 11) is -3.94. The lowest BCUT2D eigenvalue weighted by molar-refractivity contribution is 0.0981. The summed E-state index contributed by atoms with van der Waals surface area (Å²) in [6.45, 7) is 1.73. The summed E-state index contributed by atoms with van der Waals surface area (Å²) in [5, 5.41) is 0.743. The van der Waals surface area contributed by atoms with E-state index >= 15 is 0 Å². The minimum absolute atomic E-state index is 0.162. The smallest absolute Gasteiger partial charge is 0.264 e. The lowest BCUT2D eigenvalue weighted by Crippen LogP contribution is -2.31. The van der Waals surface area contributed by atoms with E-state index in [-0.39, 0.29) is 17.1 Å². The van der Waals surface area contributed by atoms with Gasteiger partial charge in [-0.15, -0.1) is 0 Å². The minimum Gasteiger partial charge on any atom is -0.482 e. The van der Waals surface area contributed by atoms with Gasteiger partial charge in [-0.2, -0.15) is 0 Å². The number of sulfonamides is 1. The molecule has 0 saturated carbocycles. The quantitative estimate of drug-likeness (QED) is 0.520. The molecule has 0 aliphatic heterocycles. The lowest BCUT2D eigenvalue weighted by atomic mass is 10.1. The van der Waals surface area contributed by atoms with Crippen LogP contribution in [-0.4, -0.2) is 19.3 Å². The van der Waals surface area contributed by atoms with Gasteiger partial charge in [0.25, 0.3) is 5.91 Å². The molecule has 1 amide bonds. The van der Waals surface area contributed by atoms with Gasteiger partial charge in [-0.1, -0.05) is 47.5 Å². The number of pyridine rings is 1. The van der Waals surface area contributed by atoms with Gasteiger partial charge in [0.1, 0.15) is 6.10 Å². The van der Waals surface area contributed by atoms with Crippen LogP contribution in [0.4, 0.5) is 5.82 Å². The maximum atomic E-state index is 12.5. The summed E-state index contributed by atoms with van der Waals surface area (Å²) >= 11 is 12.2. The van der Waals surface area contributed by atoms with Crippen LogP contribution in [0.3, 0.4) is 0 Å². The molecule has 10 heteroatoms. The predicted molar refractivity (Wildman–Crippen MR) is 121 cm³/mol. The van der Waals surface area contributed by atoms with Crippen LogP contribution in [0.5, 0.6) is 5.75 Å². The van der Waals surface area contributed by atoms with E-state index in [1.54, 1.807) is 43.3 Å². The fraction of sp³-hybridized carbons (Fsp3) is 0.143. The third-order valence-electron chi connectivity index (χ3n) is 4.29. The fourth-order valence-electron chi connectivity index (χ4n) is 2.82. The first-order valence-electron chi connectivity index (χ1n) is 9.10. The SMILES string of the molecule is C[C@@H](Oc1cc(Cl)cnc1N)c1cc(CS(=O)(=O)NC(=O)c2ccccc2)ccc1Cl. The summed E-state index contributed by atoms with van der Waals surface area (Å²) in [5.74, 6) is -0.669. The molecule has 0 spiro atoms. The highest BCUT2D eigenvalue weighted by atomic mass is 35.5. The maximum Gasteiger partial charge on any atom is 0.264 e. The van der Waals surface area contributed by atoms with Crippen molar-refractivity contribution in [3.63, 3.8) is 0 Å². The zero-order valence-corrected chi connectivity index (χ0v) is 18.7. The number of hydrogen-bond acceptors (Lipinski definition) is 6. The van der Waals surface area contributed by atoms with Gasteiger partial charge >= 0.3 is 0 Å². The van der Waals surface area contributed by atoms with E-state index in [4.69, 9.17) is 33.7 Å². The van der Waals surface area contributed by atoms with Gasteiger partial charge in [0.2, 0.25) is 10.0 Å². The summed E-state index contributed by atoms with van der Waals surface area (Å²) in [5.41, 5.74) is 7.04. The van der Waals surface area contributed by atoms with Crippen molar-refractivity contribution < 1.29 is 17.9 Å². The first-order chi connectivity index (χ1) is 14.6. The van der Waals surface area contributed by atoms with Crippen molar-refractivity contribution in [2.75, 3.05) is 5.73 Å². The van der Waals surface area contributed by atoms with E-state index in [1.807, 2.05) is 0 Å². The maximum absolute atomic E-state index is 12.5. The van der Waals surface area contributed by atoms with Crippen molar-refractivity contribution in [3.05, 3.63) is 87.5 Å². The number of ether oxygens (including phenoxy) is 1. The zero-order valence-electron chi connectivity index (χ0n) is 16.4. The molecule has 162 valence electrons. The normalized spacial score (nSPS) is 12.2. The number of amides is 1. The van der Waals surface area contributed by atoms with Crippen molar-refractivity contribution in [2.24, 2.45) is 0 Å². The Morgan fingerprint density at radius 3 is 2.58 bits per heavy atom. The van der Waals surface area contributed by atoms with E-state index < -0.39 is 27.8 Å². The van der Waals surface area contributed by atoms with Gasteiger partial charge in [-0.3, -0.25) is 4.79 Å². The molecule has 7 nitrogen and oxygen atoms in total. The molecule has 0 aliphatic carbocycles. The molecule has 1 aromatic heterocycles. The van der Waals surface area contributed by atoms with Crippen LogP contribution in [0.25, 0.3) is 0 Å². The standard InChI is InChI=1S/C21H19Cl2N3O4S/c1-13(30-19-10-16(22)11-25-20(19)24)17-9-14(7-8-18(17)23)12-31(28,29)26-21(27)15-5-3-2-4-6-15/h2-11,13H,12H2,1H3,(H2,24,25)(H,26,27)/t13-/m1/s1. The number of benzene rings is 2. The Balaban J connectivity index is 1.77. The van der Waals surface area contributed by atoms with Crippen molar-refractivity contribution in [1.29, 1.82) is 0 Å². The third kappa shape index (κ3) is 6.10. The molecule has 1 heterocycles. The number of anilines is 1. The van der Waals surface area contributed by atoms with Gasteiger partial charge in [0.15, 0.2) is 11.6 Å². The first kappa shape index (κ1) is 22.9. The monoisotopic (exact) mass is 479 g/mol. The molecule has 31 heavy (non-hydrogen) atoms. The second kappa shape index (κ2) is 9.55. The Morgan fingerprint density at radius 2 is 1.87 bits per heavy atom. The topological polar surface area (TPSA) is 111 Å². The molecule has 0 unspecified atom stereocenters. The lowest BCUT2D eigenvalue weighted by Gasteiger charge is -2.18. The summed E-state index contributed by atoms with van der Waals surface area (Å²) in [4.78, 5) is 16.1. The number of aromatic nitrogens is 1. The van der Waals surface area contributed by atoms with Gasteiger partial charge in [-0.05, 0) is 36.8 Å². The molecule has 3 rings (SSSR count). The largest absolute Gasteiger partial charge is 0.482 e. The van der Waals surface area contributed by atoms with E-state index in [1.165, 1.54) is 24.4 Å². The van der Waals surface area contributed by atoms with Crippen LogP contribution in [0, 0.1) is 0 Å². The number of carbonyl (C=O) groups excluding carboxylic acids is 1. The second-order valence-corrected chi connectivity index (χ2v) is 9.28. The molecule has 1 atom stereocenters. The summed E-state index contributed by atoms with van der Waals surface area (Å²) in [6.07, 6.45) is 0.827. The number of nitrogens with one attached hydrogen (secondary N) is 1. The molecule has 0 fully saturated rings. The summed E-state index contributed by atoms with van der Waals surface area (Å²) < 4.78 is 32.9. The number of rotatable bonds is 7. The molecule has 3 aromatic rings. The van der Waals surface area contributed by atoms with Gasteiger partial charge in [-0.25, -0.2) is 18.1 Å². The highest BCUT2D eigenvalue weighted by Crippen LogP contribution is 2.32. The molecular formula is C21H19Cl2N3O4S. The van der Waals surface area contributed by atoms with Crippen LogP contribution >= 0.6 is 23.2 Å². The van der Waals surface area contributed by atoms with Crippen LogP contribution < -0.4 is 15.2 Å². The number of nitrogens with two attached hydrogens (primary N) is 1. The average Bonchev–Trinajstić information content (AvgIpc) is 2.72. The number of nitrogens with zero attached hydrogens (tertiary/aromatic N) is 1. The van der Waals surface area contributed by atoms with E-state index in [9.17, 15) is 13.2 Å². The molecule has 0 bridgehead atoms. The predicted octanol–water partition coefficient (Wildman–Crippen LogP) is 4.37. The number of nitrogen functional groups attached to an aromatic ring is 1. The van der Waals surface area contributed by atoms with Crippen LogP contribution in [-0.2, 0) is 15.8 Å². The highest BCUT2D eigenvalue weighted by molar-refractivity contribution is 7.89. The number of hydrogen-bond donors (Lipinski definition) is 2. The fourth-order valence-corrected chi connectivity index (χ4v) is 4.33. The summed E-state index contributed by atoms with van der Waals surface area (Å²) in [6, 6.07) is 14.4. The number of carbonyl (C=O) groups is 1. The van der Waals surface area contributed by atoms with Crippen LogP contribution in [0.2, 0.25) is 10.0 Å². The van der Waals surface area contributed by atoms with Gasteiger partial charge in [0, 0.05) is 28.4 Å². The third-order valence-corrected chi connectivity index (χ3v) is 6.05.